The molecule has 2 aliphatic carbocycles. The molecule has 0 aromatic heterocycles. The van der Waals surface area contributed by atoms with Crippen molar-refractivity contribution < 1.29 is 9.53 Å². The number of rotatable bonds is 2. The molecule has 2 saturated carbocycles. The number of ketones is 1. The Morgan fingerprint density at radius 2 is 2.42 bits per heavy atom. The first-order valence-electron chi connectivity index (χ1n) is 4.81. The molecule has 0 heterocycles. The average Bonchev–Trinajstić information content (AvgIpc) is 2.63. The summed E-state index contributed by atoms with van der Waals surface area (Å²) in [6.45, 7) is 4.83. The topological polar surface area (TPSA) is 26.3 Å². The smallest absolute Gasteiger partial charge is 0.141 e. The van der Waals surface area contributed by atoms with Gasteiger partial charge in [0.25, 0.3) is 0 Å². The maximum atomic E-state index is 11.6. The van der Waals surface area contributed by atoms with E-state index in [1.807, 2.05) is 6.92 Å². The first-order chi connectivity index (χ1) is 5.66. The van der Waals surface area contributed by atoms with Crippen molar-refractivity contribution in [2.75, 3.05) is 6.61 Å². The predicted molar refractivity (Wildman–Crippen MR) is 45.9 cm³/mol. The van der Waals surface area contributed by atoms with Gasteiger partial charge in [0.15, 0.2) is 0 Å². The summed E-state index contributed by atoms with van der Waals surface area (Å²) < 4.78 is 5.47. The quantitative estimate of drug-likeness (QED) is 0.628. The normalized spacial score (nSPS) is 45.7. The Morgan fingerprint density at radius 1 is 1.67 bits per heavy atom. The minimum absolute atomic E-state index is 0.0631. The fourth-order valence-corrected chi connectivity index (χ4v) is 2.34. The highest BCUT2D eigenvalue weighted by Crippen LogP contribution is 2.59. The van der Waals surface area contributed by atoms with E-state index in [4.69, 9.17) is 4.74 Å². The first-order valence-corrected chi connectivity index (χ1v) is 4.81. The molecule has 0 aromatic rings. The molecular weight excluding hydrogens is 152 g/mol. The van der Waals surface area contributed by atoms with E-state index >= 15 is 0 Å². The monoisotopic (exact) mass is 168 g/mol. The Hall–Kier alpha value is -0.370. The molecule has 0 spiro atoms. The van der Waals surface area contributed by atoms with Gasteiger partial charge in [-0.2, -0.15) is 0 Å². The maximum absolute atomic E-state index is 11.6. The maximum Gasteiger partial charge on any atom is 0.141 e. The van der Waals surface area contributed by atoms with E-state index in [-0.39, 0.29) is 11.5 Å². The molecule has 2 nitrogen and oxygen atoms in total. The molecule has 0 bridgehead atoms. The lowest BCUT2D eigenvalue weighted by molar-refractivity contribution is -0.129. The van der Waals surface area contributed by atoms with Crippen LogP contribution in [0.3, 0.4) is 0 Å². The third-order valence-corrected chi connectivity index (χ3v) is 3.41. The summed E-state index contributed by atoms with van der Waals surface area (Å²) in [7, 11) is 0. The second-order valence-electron chi connectivity index (χ2n) is 4.26. The van der Waals surface area contributed by atoms with Gasteiger partial charge in [-0.1, -0.05) is 6.92 Å². The van der Waals surface area contributed by atoms with Gasteiger partial charge in [-0.15, -0.1) is 0 Å². The highest BCUT2D eigenvalue weighted by Gasteiger charge is 2.58. The van der Waals surface area contributed by atoms with E-state index in [1.165, 1.54) is 0 Å². The van der Waals surface area contributed by atoms with Crippen LogP contribution in [0, 0.1) is 11.3 Å². The van der Waals surface area contributed by atoms with Crippen molar-refractivity contribution in [1.29, 1.82) is 0 Å². The van der Waals surface area contributed by atoms with Crippen LogP contribution in [-0.4, -0.2) is 18.5 Å². The number of carbonyl (C=O) groups is 1. The van der Waals surface area contributed by atoms with Gasteiger partial charge in [-0.05, 0) is 25.7 Å². The average molecular weight is 168 g/mol. The summed E-state index contributed by atoms with van der Waals surface area (Å²) in [6, 6.07) is 0. The lowest BCUT2D eigenvalue weighted by atomic mass is 9.87. The highest BCUT2D eigenvalue weighted by molar-refractivity contribution is 5.89. The van der Waals surface area contributed by atoms with E-state index in [0.29, 0.717) is 18.1 Å². The molecule has 0 N–H and O–H groups in total. The van der Waals surface area contributed by atoms with Gasteiger partial charge in [-0.25, -0.2) is 0 Å². The van der Waals surface area contributed by atoms with E-state index in [9.17, 15) is 4.79 Å². The van der Waals surface area contributed by atoms with Crippen molar-refractivity contribution in [2.24, 2.45) is 11.3 Å². The van der Waals surface area contributed by atoms with Gasteiger partial charge in [0.05, 0.1) is 6.10 Å². The molecule has 2 rings (SSSR count). The molecule has 12 heavy (non-hydrogen) atoms. The second kappa shape index (κ2) is 2.56. The Morgan fingerprint density at radius 3 is 3.00 bits per heavy atom. The zero-order chi connectivity index (χ0) is 8.77. The Balaban J connectivity index is 1.97. The van der Waals surface area contributed by atoms with Gasteiger partial charge < -0.3 is 4.74 Å². The molecule has 2 fully saturated rings. The lowest BCUT2D eigenvalue weighted by Crippen LogP contribution is -2.29. The number of carbonyl (C=O) groups excluding carboxylic acids is 1. The van der Waals surface area contributed by atoms with Gasteiger partial charge in [0.1, 0.15) is 5.78 Å². The van der Waals surface area contributed by atoms with Gasteiger partial charge in [0, 0.05) is 18.4 Å². The molecule has 2 heteroatoms. The highest BCUT2D eigenvalue weighted by atomic mass is 16.5. The minimum Gasteiger partial charge on any atom is -0.378 e. The largest absolute Gasteiger partial charge is 0.378 e. The Bertz CT molecular complexity index is 212. The van der Waals surface area contributed by atoms with Crippen LogP contribution in [0.25, 0.3) is 0 Å². The van der Waals surface area contributed by atoms with Crippen LogP contribution in [0.1, 0.15) is 33.1 Å². The fraction of sp³-hybridized carbons (Fsp3) is 0.900. The van der Waals surface area contributed by atoms with Crippen molar-refractivity contribution in [2.45, 2.75) is 39.2 Å². The molecule has 0 amide bonds. The number of Topliss-reactive ketones (excluding diaryl/α,β-unsaturated/α-hetero) is 1. The molecule has 0 radical (unpaired) electrons. The van der Waals surface area contributed by atoms with Crippen molar-refractivity contribution in [3.63, 3.8) is 0 Å². The van der Waals surface area contributed by atoms with Crippen LogP contribution >= 0.6 is 0 Å². The lowest BCUT2D eigenvalue weighted by Gasteiger charge is -2.24. The van der Waals surface area contributed by atoms with Crippen LogP contribution < -0.4 is 0 Å². The summed E-state index contributed by atoms with van der Waals surface area (Å²) >= 11 is 0. The van der Waals surface area contributed by atoms with Crippen LogP contribution in [-0.2, 0) is 9.53 Å². The Labute approximate surface area is 73.3 Å². The zero-order valence-electron chi connectivity index (χ0n) is 7.80. The summed E-state index contributed by atoms with van der Waals surface area (Å²) in [6.07, 6.45) is 3.09. The SMILES string of the molecule is CCOC1CC(=O)C2(C)CC2C1. The molecule has 0 saturated heterocycles. The summed E-state index contributed by atoms with van der Waals surface area (Å²) in [5.74, 6) is 1.06. The van der Waals surface area contributed by atoms with Gasteiger partial charge >= 0.3 is 0 Å². The van der Waals surface area contributed by atoms with Crippen LogP contribution in [0.2, 0.25) is 0 Å². The third-order valence-electron chi connectivity index (χ3n) is 3.41. The zero-order valence-corrected chi connectivity index (χ0v) is 7.80. The van der Waals surface area contributed by atoms with Crippen molar-refractivity contribution in [3.8, 4) is 0 Å². The molecule has 0 aromatic carbocycles. The van der Waals surface area contributed by atoms with E-state index in [0.717, 1.165) is 19.4 Å². The van der Waals surface area contributed by atoms with Gasteiger partial charge in [0.2, 0.25) is 0 Å². The summed E-state index contributed by atoms with van der Waals surface area (Å²) in [4.78, 5) is 11.6. The first kappa shape index (κ1) is 8.24. The second-order valence-corrected chi connectivity index (χ2v) is 4.26. The molecular formula is C10H16O2. The Kier molecular flexibility index (Phi) is 1.76. The number of fused-ring (bicyclic) bond motifs is 1. The third kappa shape index (κ3) is 1.09. The fourth-order valence-electron chi connectivity index (χ4n) is 2.34. The predicted octanol–water partition coefficient (Wildman–Crippen LogP) is 1.78. The molecule has 2 aliphatic rings. The molecule has 3 atom stereocenters. The summed E-state index contributed by atoms with van der Waals surface area (Å²) in [5, 5.41) is 0. The molecule has 68 valence electrons. The van der Waals surface area contributed by atoms with Crippen molar-refractivity contribution in [1.82, 2.24) is 0 Å². The van der Waals surface area contributed by atoms with Crippen LogP contribution in [0.4, 0.5) is 0 Å². The van der Waals surface area contributed by atoms with Crippen molar-refractivity contribution in [3.05, 3.63) is 0 Å². The van der Waals surface area contributed by atoms with E-state index in [2.05, 4.69) is 6.92 Å². The standard InChI is InChI=1S/C10H16O2/c1-3-12-8-4-7-6-10(7,2)9(11)5-8/h7-8H,3-6H2,1-2H3. The number of ether oxygens (including phenoxy) is 1. The number of hydrogen-bond donors (Lipinski definition) is 0. The minimum atomic E-state index is 0.0631. The van der Waals surface area contributed by atoms with E-state index in [1.54, 1.807) is 0 Å². The number of hydrogen-bond acceptors (Lipinski definition) is 2. The van der Waals surface area contributed by atoms with Crippen LogP contribution in [0.5, 0.6) is 0 Å². The summed E-state index contributed by atoms with van der Waals surface area (Å²) in [5.41, 5.74) is 0.0631. The molecule has 0 aliphatic heterocycles. The molecule has 3 unspecified atom stereocenters. The van der Waals surface area contributed by atoms with Crippen LogP contribution in [0.15, 0.2) is 0 Å². The van der Waals surface area contributed by atoms with Crippen molar-refractivity contribution >= 4 is 5.78 Å². The van der Waals surface area contributed by atoms with E-state index < -0.39 is 0 Å². The van der Waals surface area contributed by atoms with Gasteiger partial charge in [-0.3, -0.25) is 4.79 Å².